The maximum atomic E-state index is 14.8. The number of alkyl halides is 6. The van der Waals surface area contributed by atoms with Crippen LogP contribution in [0.3, 0.4) is 0 Å². The molecule has 0 heterocycles. The third-order valence-corrected chi connectivity index (χ3v) is 9.68. The van der Waals surface area contributed by atoms with Crippen LogP contribution in [0.15, 0.2) is 48.5 Å². The van der Waals surface area contributed by atoms with Crippen molar-refractivity contribution in [3.8, 4) is 6.07 Å². The quantitative estimate of drug-likeness (QED) is 0.237. The number of hydrogen-bond acceptors (Lipinski definition) is 2. The van der Waals surface area contributed by atoms with Crippen molar-refractivity contribution in [3.63, 3.8) is 0 Å². The highest BCUT2D eigenvalue weighted by molar-refractivity contribution is 5.47. The summed E-state index contributed by atoms with van der Waals surface area (Å²) in [6.45, 7) is 7.22. The van der Waals surface area contributed by atoms with Crippen LogP contribution in [-0.2, 0) is 23.7 Å². The van der Waals surface area contributed by atoms with Crippen LogP contribution in [0.5, 0.6) is 0 Å². The van der Waals surface area contributed by atoms with Crippen molar-refractivity contribution < 1.29 is 26.3 Å². The topological polar surface area (TPSA) is 27.0 Å². The Kier molecular flexibility index (Phi) is 12.2. The lowest BCUT2D eigenvalue weighted by Crippen LogP contribution is -2.44. The summed E-state index contributed by atoms with van der Waals surface area (Å²) in [5.41, 5.74) is -2.40. The molecule has 1 unspecified atom stereocenters. The Morgan fingerprint density at radius 2 is 1.23 bits per heavy atom. The van der Waals surface area contributed by atoms with Crippen LogP contribution in [0.2, 0.25) is 0 Å². The number of rotatable bonds is 11. The Balaban J connectivity index is 0.00000162. The second kappa shape index (κ2) is 15.0. The van der Waals surface area contributed by atoms with E-state index in [9.17, 15) is 26.3 Å². The van der Waals surface area contributed by atoms with Crippen LogP contribution in [0, 0.1) is 11.3 Å². The molecule has 2 aromatic rings. The number of halogens is 6. The Bertz CT molecular complexity index is 1120. The van der Waals surface area contributed by atoms with Gasteiger partial charge in [-0.1, -0.05) is 81.1 Å². The molecule has 2 fully saturated rings. The van der Waals surface area contributed by atoms with E-state index >= 15 is 0 Å². The standard InChI is InChI=1S/C33H43F6N.C2H3N/c1-3-23-40(24-18-26-12-5-4-6-13-26)25(2)16-17-27-28(30(32(34,35)36)19-7-8-20-30)14-11-15-29(27)31(33(37,38)39)21-9-10-22-31;1-2-3/h4-6,11-15,25H,3,7-10,16-24H2,1-2H3;1H3. The summed E-state index contributed by atoms with van der Waals surface area (Å²) in [6.07, 6.45) is -4.97. The van der Waals surface area contributed by atoms with E-state index in [-0.39, 0.29) is 49.3 Å². The first-order valence-corrected chi connectivity index (χ1v) is 15.7. The van der Waals surface area contributed by atoms with E-state index in [1.165, 1.54) is 30.7 Å². The van der Waals surface area contributed by atoms with Gasteiger partial charge in [0, 0.05) is 19.5 Å². The summed E-state index contributed by atoms with van der Waals surface area (Å²) in [6, 6.07) is 16.3. The highest BCUT2D eigenvalue weighted by Crippen LogP contribution is 2.57. The second-order valence-corrected chi connectivity index (χ2v) is 12.3. The van der Waals surface area contributed by atoms with Crippen LogP contribution in [0.4, 0.5) is 26.3 Å². The van der Waals surface area contributed by atoms with E-state index in [0.29, 0.717) is 37.7 Å². The predicted octanol–water partition coefficient (Wildman–Crippen LogP) is 10.2. The Morgan fingerprint density at radius 1 is 0.767 bits per heavy atom. The van der Waals surface area contributed by atoms with Crippen molar-refractivity contribution >= 4 is 0 Å². The Labute approximate surface area is 253 Å². The molecule has 2 aliphatic carbocycles. The molecule has 0 bridgehead atoms. The smallest absolute Gasteiger partial charge is 0.300 e. The van der Waals surface area contributed by atoms with Gasteiger partial charge in [-0.3, -0.25) is 0 Å². The molecule has 0 N–H and O–H groups in total. The van der Waals surface area contributed by atoms with Crippen molar-refractivity contribution in [2.24, 2.45) is 0 Å². The fourth-order valence-corrected chi connectivity index (χ4v) is 7.41. The molecule has 43 heavy (non-hydrogen) atoms. The summed E-state index contributed by atoms with van der Waals surface area (Å²) < 4.78 is 88.7. The minimum atomic E-state index is -4.51. The average molecular weight is 609 g/mol. The van der Waals surface area contributed by atoms with Gasteiger partial charge in [0.2, 0.25) is 0 Å². The van der Waals surface area contributed by atoms with Crippen molar-refractivity contribution in [1.29, 1.82) is 5.26 Å². The Morgan fingerprint density at radius 3 is 1.65 bits per heavy atom. The first-order chi connectivity index (χ1) is 20.4. The van der Waals surface area contributed by atoms with Gasteiger partial charge in [0.1, 0.15) is 0 Å². The van der Waals surface area contributed by atoms with Crippen LogP contribution in [0.1, 0.15) is 107 Å². The fourth-order valence-electron chi connectivity index (χ4n) is 7.41. The zero-order valence-corrected chi connectivity index (χ0v) is 25.8. The molecule has 0 radical (unpaired) electrons. The largest absolute Gasteiger partial charge is 0.398 e. The highest BCUT2D eigenvalue weighted by atomic mass is 19.4. The van der Waals surface area contributed by atoms with Gasteiger partial charge in [-0.15, -0.1) is 0 Å². The minimum Gasteiger partial charge on any atom is -0.300 e. The van der Waals surface area contributed by atoms with Crippen molar-refractivity contribution in [2.75, 3.05) is 13.1 Å². The molecular formula is C35H46F6N2. The third-order valence-electron chi connectivity index (χ3n) is 9.68. The number of nitrogens with zero attached hydrogens (tertiary/aromatic N) is 2. The molecule has 0 amide bonds. The van der Waals surface area contributed by atoms with Gasteiger partial charge in [-0.05, 0) is 87.1 Å². The van der Waals surface area contributed by atoms with Crippen LogP contribution in [-0.4, -0.2) is 36.4 Å². The lowest BCUT2D eigenvalue weighted by molar-refractivity contribution is -0.191. The second-order valence-electron chi connectivity index (χ2n) is 12.3. The molecule has 238 valence electrons. The SMILES string of the molecule is CC#N.CCCN(CCc1ccccc1)C(C)CCc1c(C2(C(F)(F)F)CCCC2)cccc1C1(C(F)(F)F)CCCC1. The highest BCUT2D eigenvalue weighted by Gasteiger charge is 2.60. The van der Waals surface area contributed by atoms with Gasteiger partial charge in [-0.2, -0.15) is 31.6 Å². The summed E-state index contributed by atoms with van der Waals surface area (Å²) >= 11 is 0. The van der Waals surface area contributed by atoms with E-state index in [1.807, 2.05) is 18.2 Å². The molecule has 0 aromatic heterocycles. The van der Waals surface area contributed by atoms with E-state index in [4.69, 9.17) is 5.26 Å². The molecule has 4 rings (SSSR count). The van der Waals surface area contributed by atoms with E-state index < -0.39 is 23.2 Å². The zero-order valence-electron chi connectivity index (χ0n) is 25.8. The molecule has 0 aliphatic heterocycles. The molecule has 2 aromatic carbocycles. The maximum Gasteiger partial charge on any atom is 0.398 e. The van der Waals surface area contributed by atoms with Gasteiger partial charge >= 0.3 is 12.4 Å². The van der Waals surface area contributed by atoms with Gasteiger partial charge in [0.15, 0.2) is 0 Å². The van der Waals surface area contributed by atoms with Gasteiger partial charge in [0.25, 0.3) is 0 Å². The molecule has 0 spiro atoms. The van der Waals surface area contributed by atoms with Crippen LogP contribution < -0.4 is 0 Å². The molecular weight excluding hydrogens is 562 g/mol. The monoisotopic (exact) mass is 608 g/mol. The van der Waals surface area contributed by atoms with E-state index in [1.54, 1.807) is 6.07 Å². The number of hydrogen-bond donors (Lipinski definition) is 0. The van der Waals surface area contributed by atoms with Gasteiger partial charge in [0.05, 0.1) is 16.9 Å². The first kappa shape index (κ1) is 35.0. The predicted molar refractivity (Wildman–Crippen MR) is 160 cm³/mol. The fraction of sp³-hybridized carbons (Fsp3) is 0.629. The summed E-state index contributed by atoms with van der Waals surface area (Å²) in [5.74, 6) is 0. The van der Waals surface area contributed by atoms with Gasteiger partial charge in [-0.25, -0.2) is 0 Å². The Hall–Kier alpha value is -2.53. The van der Waals surface area contributed by atoms with Crippen LogP contribution >= 0.6 is 0 Å². The van der Waals surface area contributed by atoms with Crippen molar-refractivity contribution in [2.45, 2.75) is 127 Å². The lowest BCUT2D eigenvalue weighted by atomic mass is 9.68. The molecule has 2 aliphatic rings. The normalized spacial score (nSPS) is 18.6. The third kappa shape index (κ3) is 7.77. The van der Waals surface area contributed by atoms with Gasteiger partial charge < -0.3 is 4.90 Å². The van der Waals surface area contributed by atoms with E-state index in [0.717, 1.165) is 25.9 Å². The zero-order chi connectivity index (χ0) is 31.7. The molecule has 8 heteroatoms. The maximum absolute atomic E-state index is 14.8. The molecule has 2 saturated carbocycles. The minimum absolute atomic E-state index is 0.0281. The molecule has 1 atom stereocenters. The molecule has 0 saturated heterocycles. The lowest BCUT2D eigenvalue weighted by Gasteiger charge is -2.39. The van der Waals surface area contributed by atoms with Crippen molar-refractivity contribution in [1.82, 2.24) is 4.90 Å². The summed E-state index contributed by atoms with van der Waals surface area (Å²) in [4.78, 5) is 2.33. The number of nitriles is 1. The molecule has 2 nitrogen and oxygen atoms in total. The van der Waals surface area contributed by atoms with Crippen molar-refractivity contribution in [3.05, 3.63) is 70.8 Å². The van der Waals surface area contributed by atoms with E-state index in [2.05, 4.69) is 30.9 Å². The average Bonchev–Trinajstić information content (AvgIpc) is 3.66. The first-order valence-electron chi connectivity index (χ1n) is 15.7. The summed E-state index contributed by atoms with van der Waals surface area (Å²) in [5, 5.41) is 7.32. The summed E-state index contributed by atoms with van der Waals surface area (Å²) in [7, 11) is 0. The van der Waals surface area contributed by atoms with Crippen LogP contribution in [0.25, 0.3) is 0 Å². The number of benzene rings is 2.